The molecule has 0 bridgehead atoms. The van der Waals surface area contributed by atoms with Crippen molar-refractivity contribution < 1.29 is 18.8 Å². The van der Waals surface area contributed by atoms with E-state index in [2.05, 4.69) is 10.1 Å². The Bertz CT molecular complexity index is 1170. The van der Waals surface area contributed by atoms with Crippen molar-refractivity contribution >= 4 is 11.3 Å². The molecule has 0 unspecified atom stereocenters. The molecule has 0 N–H and O–H groups in total. The molecule has 0 radical (unpaired) electrons. The zero-order valence-electron chi connectivity index (χ0n) is 14.6. The molecule has 0 aliphatic heterocycles. The summed E-state index contributed by atoms with van der Waals surface area (Å²) in [6.45, 7) is 0. The van der Waals surface area contributed by atoms with Crippen LogP contribution in [0.1, 0.15) is 0 Å². The van der Waals surface area contributed by atoms with Gasteiger partial charge in [-0.15, -0.1) is 0 Å². The van der Waals surface area contributed by atoms with Gasteiger partial charge in [-0.25, -0.2) is 9.37 Å². The summed E-state index contributed by atoms with van der Waals surface area (Å²) in [4.78, 5) is 14.6. The van der Waals surface area contributed by atoms with E-state index in [-0.39, 0.29) is 17.3 Å². The van der Waals surface area contributed by atoms with Crippen LogP contribution in [0.25, 0.3) is 16.9 Å². The van der Waals surface area contributed by atoms with Crippen molar-refractivity contribution in [1.82, 2.24) is 14.6 Å². The van der Waals surface area contributed by atoms with E-state index < -0.39 is 10.7 Å². The Labute approximate surface area is 157 Å². The molecule has 28 heavy (non-hydrogen) atoms. The van der Waals surface area contributed by atoms with Crippen molar-refractivity contribution in [3.8, 4) is 28.6 Å². The van der Waals surface area contributed by atoms with E-state index in [1.165, 1.54) is 16.6 Å². The summed E-state index contributed by atoms with van der Waals surface area (Å²) in [5.41, 5.74) is 1.54. The molecule has 9 heteroatoms. The first-order valence-corrected chi connectivity index (χ1v) is 8.16. The molecule has 0 aliphatic carbocycles. The average molecular weight is 380 g/mol. The summed E-state index contributed by atoms with van der Waals surface area (Å²) in [6.07, 6.45) is 1.54. The van der Waals surface area contributed by atoms with Gasteiger partial charge in [0.25, 0.3) is 5.69 Å². The third-order valence-corrected chi connectivity index (χ3v) is 4.05. The predicted octanol–water partition coefficient (Wildman–Crippen LogP) is 4.24. The van der Waals surface area contributed by atoms with Crippen LogP contribution in [0.3, 0.4) is 0 Å². The van der Waals surface area contributed by atoms with E-state index in [0.717, 1.165) is 11.6 Å². The molecule has 0 saturated heterocycles. The maximum absolute atomic E-state index is 14.2. The molecule has 4 aromatic rings. The topological polar surface area (TPSA) is 91.8 Å². The van der Waals surface area contributed by atoms with Gasteiger partial charge in [0.1, 0.15) is 5.75 Å². The molecular formula is C19H13FN4O4. The van der Waals surface area contributed by atoms with Crippen LogP contribution in [0.4, 0.5) is 10.1 Å². The number of nitro groups is 1. The van der Waals surface area contributed by atoms with Crippen LogP contribution in [-0.2, 0) is 0 Å². The second kappa shape index (κ2) is 6.95. The minimum absolute atomic E-state index is 0.158. The van der Waals surface area contributed by atoms with Crippen molar-refractivity contribution in [3.05, 3.63) is 76.7 Å². The van der Waals surface area contributed by atoms with E-state index in [1.54, 1.807) is 37.6 Å². The van der Waals surface area contributed by atoms with Gasteiger partial charge in [-0.2, -0.15) is 9.61 Å². The average Bonchev–Trinajstić information content (AvgIpc) is 3.18. The monoisotopic (exact) mass is 380 g/mol. The minimum atomic E-state index is -0.850. The lowest BCUT2D eigenvalue weighted by molar-refractivity contribution is -0.385. The Morgan fingerprint density at radius 2 is 1.89 bits per heavy atom. The van der Waals surface area contributed by atoms with Crippen molar-refractivity contribution in [2.24, 2.45) is 0 Å². The Balaban J connectivity index is 1.76. The van der Waals surface area contributed by atoms with E-state index in [1.807, 2.05) is 12.1 Å². The summed E-state index contributed by atoms with van der Waals surface area (Å²) in [6, 6.07) is 13.8. The van der Waals surface area contributed by atoms with Gasteiger partial charge < -0.3 is 9.47 Å². The van der Waals surface area contributed by atoms with Gasteiger partial charge in [0.2, 0.25) is 5.88 Å². The Morgan fingerprint density at radius 1 is 1.11 bits per heavy atom. The number of aromatic nitrogens is 3. The molecule has 0 amide bonds. The highest BCUT2D eigenvalue weighted by Gasteiger charge is 2.15. The quantitative estimate of drug-likeness (QED) is 0.380. The Kier molecular flexibility index (Phi) is 4.32. The van der Waals surface area contributed by atoms with E-state index in [9.17, 15) is 14.5 Å². The number of hydrogen-bond donors (Lipinski definition) is 0. The zero-order chi connectivity index (χ0) is 19.7. The summed E-state index contributed by atoms with van der Waals surface area (Å²) < 4.78 is 26.5. The van der Waals surface area contributed by atoms with Crippen molar-refractivity contribution in [2.45, 2.75) is 0 Å². The molecule has 2 aromatic carbocycles. The SMILES string of the molecule is COc1ccc(-c2cc(Oc3ccc([N+](=O)[O-])cc3F)n3nccc3n2)cc1. The molecule has 0 saturated carbocycles. The number of benzene rings is 2. The van der Waals surface area contributed by atoms with Gasteiger partial charge in [0.05, 0.1) is 30.0 Å². The number of methoxy groups -OCH3 is 1. The second-order valence-electron chi connectivity index (χ2n) is 5.78. The van der Waals surface area contributed by atoms with Crippen LogP contribution in [-0.4, -0.2) is 26.6 Å². The number of non-ortho nitro benzene ring substituents is 1. The third kappa shape index (κ3) is 3.20. The molecule has 0 aliphatic rings. The lowest BCUT2D eigenvalue weighted by atomic mass is 10.1. The molecule has 2 aromatic heterocycles. The van der Waals surface area contributed by atoms with Crippen molar-refractivity contribution in [2.75, 3.05) is 7.11 Å². The van der Waals surface area contributed by atoms with E-state index in [0.29, 0.717) is 17.1 Å². The summed E-state index contributed by atoms with van der Waals surface area (Å²) in [5, 5.41) is 14.9. The van der Waals surface area contributed by atoms with Crippen LogP contribution in [0, 0.1) is 15.9 Å². The van der Waals surface area contributed by atoms with Crippen LogP contribution in [0.2, 0.25) is 0 Å². The molecule has 8 nitrogen and oxygen atoms in total. The van der Waals surface area contributed by atoms with Crippen LogP contribution in [0.5, 0.6) is 17.4 Å². The van der Waals surface area contributed by atoms with Gasteiger partial charge >= 0.3 is 0 Å². The highest BCUT2D eigenvalue weighted by Crippen LogP contribution is 2.30. The number of fused-ring (bicyclic) bond motifs is 1. The normalized spacial score (nSPS) is 10.8. The maximum Gasteiger partial charge on any atom is 0.272 e. The van der Waals surface area contributed by atoms with E-state index >= 15 is 0 Å². The Hall–Kier alpha value is -4.01. The molecule has 0 spiro atoms. The molecule has 140 valence electrons. The number of rotatable bonds is 5. The highest BCUT2D eigenvalue weighted by atomic mass is 19.1. The molecule has 0 fully saturated rings. The van der Waals surface area contributed by atoms with Crippen molar-refractivity contribution in [1.29, 1.82) is 0 Å². The first-order chi connectivity index (χ1) is 13.5. The number of hydrogen-bond acceptors (Lipinski definition) is 6. The summed E-state index contributed by atoms with van der Waals surface area (Å²) in [5.74, 6) is -0.0845. The smallest absolute Gasteiger partial charge is 0.272 e. The van der Waals surface area contributed by atoms with Gasteiger partial charge in [0.15, 0.2) is 17.2 Å². The van der Waals surface area contributed by atoms with Crippen molar-refractivity contribution in [3.63, 3.8) is 0 Å². The summed E-state index contributed by atoms with van der Waals surface area (Å²) in [7, 11) is 1.58. The predicted molar refractivity (Wildman–Crippen MR) is 98.1 cm³/mol. The van der Waals surface area contributed by atoms with Gasteiger partial charge in [-0.3, -0.25) is 10.1 Å². The summed E-state index contributed by atoms with van der Waals surface area (Å²) >= 11 is 0. The Morgan fingerprint density at radius 3 is 2.57 bits per heavy atom. The second-order valence-corrected chi connectivity index (χ2v) is 5.78. The molecule has 2 heterocycles. The van der Waals surface area contributed by atoms with Gasteiger partial charge in [0, 0.05) is 23.8 Å². The number of nitrogens with zero attached hydrogens (tertiary/aromatic N) is 4. The fourth-order valence-electron chi connectivity index (χ4n) is 2.67. The van der Waals surface area contributed by atoms with Gasteiger partial charge in [-0.1, -0.05) is 0 Å². The standard InChI is InChI=1S/C19H13FN4O4/c1-27-14-5-2-12(3-6-14)16-11-19(23-18(22-16)8-9-21-23)28-17-7-4-13(24(25)26)10-15(17)20/h2-11H,1H3. The number of ether oxygens (including phenoxy) is 2. The molecule has 0 atom stereocenters. The van der Waals surface area contributed by atoms with E-state index in [4.69, 9.17) is 9.47 Å². The minimum Gasteiger partial charge on any atom is -0.497 e. The van der Waals surface area contributed by atoms with Gasteiger partial charge in [-0.05, 0) is 30.3 Å². The van der Waals surface area contributed by atoms with Crippen LogP contribution in [0.15, 0.2) is 60.8 Å². The first kappa shape index (κ1) is 17.4. The number of halogens is 1. The zero-order valence-corrected chi connectivity index (χ0v) is 14.6. The third-order valence-electron chi connectivity index (χ3n) is 4.05. The maximum atomic E-state index is 14.2. The molecular weight excluding hydrogens is 367 g/mol. The first-order valence-electron chi connectivity index (χ1n) is 8.16. The van der Waals surface area contributed by atoms with Crippen LogP contribution >= 0.6 is 0 Å². The lowest BCUT2D eigenvalue weighted by Gasteiger charge is -2.10. The number of nitro benzene ring substituents is 1. The highest BCUT2D eigenvalue weighted by molar-refractivity contribution is 5.64. The fourth-order valence-corrected chi connectivity index (χ4v) is 2.67. The lowest BCUT2D eigenvalue weighted by Crippen LogP contribution is -2.00. The van der Waals surface area contributed by atoms with Crippen LogP contribution < -0.4 is 9.47 Å². The fraction of sp³-hybridized carbons (Fsp3) is 0.0526. The largest absolute Gasteiger partial charge is 0.497 e. The molecule has 4 rings (SSSR count).